The van der Waals surface area contributed by atoms with Crippen molar-refractivity contribution < 1.29 is 9.53 Å². The first-order valence-corrected chi connectivity index (χ1v) is 10.5. The largest absolute Gasteiger partial charge is 0.484 e. The summed E-state index contributed by atoms with van der Waals surface area (Å²) in [6.45, 7) is 1.47. The van der Waals surface area contributed by atoms with Gasteiger partial charge in [-0.05, 0) is 53.9 Å². The lowest BCUT2D eigenvalue weighted by Crippen LogP contribution is -2.38. The molecule has 5 heteroatoms. The third-order valence-corrected chi connectivity index (χ3v) is 6.33. The van der Waals surface area contributed by atoms with Crippen LogP contribution in [0, 0.1) is 0 Å². The molecule has 0 aliphatic carbocycles. The summed E-state index contributed by atoms with van der Waals surface area (Å²) in [6.07, 6.45) is 0.902. The molecule has 4 aromatic rings. The normalized spacial score (nSPS) is 13.3. The Bertz CT molecular complexity index is 1130. The summed E-state index contributed by atoms with van der Waals surface area (Å²) in [5.74, 6) is 0.718. The summed E-state index contributed by atoms with van der Waals surface area (Å²) in [5.41, 5.74) is 4.63. The van der Waals surface area contributed by atoms with Crippen LogP contribution in [0.4, 0.5) is 0 Å². The van der Waals surface area contributed by atoms with Gasteiger partial charge in [0.2, 0.25) is 0 Å². The Labute approximate surface area is 173 Å². The number of hydrogen-bond acceptors (Lipinski definition) is 4. The van der Waals surface area contributed by atoms with E-state index in [-0.39, 0.29) is 12.5 Å². The number of rotatable bonds is 4. The number of hydrogen-bond donors (Lipinski definition) is 0. The van der Waals surface area contributed by atoms with Crippen LogP contribution in [0.5, 0.6) is 5.75 Å². The fourth-order valence-corrected chi connectivity index (χ4v) is 4.61. The monoisotopic (exact) mass is 400 g/mol. The Kier molecular flexibility index (Phi) is 4.74. The molecule has 3 aromatic carbocycles. The fourth-order valence-electron chi connectivity index (χ4n) is 3.63. The van der Waals surface area contributed by atoms with Crippen molar-refractivity contribution in [3.63, 3.8) is 0 Å². The second-order valence-corrected chi connectivity index (χ2v) is 8.16. The first-order chi connectivity index (χ1) is 14.3. The molecule has 29 heavy (non-hydrogen) atoms. The van der Waals surface area contributed by atoms with Gasteiger partial charge < -0.3 is 9.64 Å². The van der Waals surface area contributed by atoms with Crippen molar-refractivity contribution in [3.8, 4) is 16.3 Å². The molecule has 1 amide bonds. The molecule has 0 radical (unpaired) electrons. The van der Waals surface area contributed by atoms with Gasteiger partial charge in [0, 0.05) is 18.7 Å². The van der Waals surface area contributed by atoms with Gasteiger partial charge in [0.25, 0.3) is 5.91 Å². The third kappa shape index (κ3) is 3.74. The standard InChI is InChI=1S/C24H20N2O2S/c27-23(26-14-13-17-5-1-2-6-19(17)15-26)16-28-20-11-9-18(10-12-20)24-25-21-7-3-4-8-22(21)29-24/h1-12H,13-16H2. The maximum absolute atomic E-state index is 12.6. The lowest BCUT2D eigenvalue weighted by atomic mass is 10.00. The van der Waals surface area contributed by atoms with Crippen LogP contribution in [-0.2, 0) is 17.8 Å². The van der Waals surface area contributed by atoms with Crippen LogP contribution >= 0.6 is 11.3 Å². The summed E-state index contributed by atoms with van der Waals surface area (Å²) < 4.78 is 6.93. The van der Waals surface area contributed by atoms with Gasteiger partial charge in [-0.1, -0.05) is 36.4 Å². The molecule has 144 valence electrons. The minimum absolute atomic E-state index is 0.0229. The molecule has 0 saturated heterocycles. The highest BCUT2D eigenvalue weighted by atomic mass is 32.1. The van der Waals surface area contributed by atoms with Crippen molar-refractivity contribution in [1.82, 2.24) is 9.88 Å². The maximum atomic E-state index is 12.6. The van der Waals surface area contributed by atoms with E-state index in [1.54, 1.807) is 11.3 Å². The molecule has 5 rings (SSSR count). The molecule has 0 N–H and O–H groups in total. The lowest BCUT2D eigenvalue weighted by Gasteiger charge is -2.28. The van der Waals surface area contributed by atoms with Crippen LogP contribution in [0.25, 0.3) is 20.8 Å². The first-order valence-electron chi connectivity index (χ1n) is 9.70. The SMILES string of the molecule is O=C(COc1ccc(-c2nc3ccccc3s2)cc1)N1CCc2ccccc2C1. The van der Waals surface area contributed by atoms with Crippen LogP contribution in [0.1, 0.15) is 11.1 Å². The van der Waals surface area contributed by atoms with Crippen LogP contribution in [0.3, 0.4) is 0 Å². The molecule has 0 unspecified atom stereocenters. The van der Waals surface area contributed by atoms with Crippen molar-refractivity contribution in [1.29, 1.82) is 0 Å². The number of carbonyl (C=O) groups excluding carboxylic acids is 1. The molecule has 0 atom stereocenters. The van der Waals surface area contributed by atoms with Gasteiger partial charge in [-0.2, -0.15) is 0 Å². The number of carbonyl (C=O) groups is 1. The second-order valence-electron chi connectivity index (χ2n) is 7.13. The summed E-state index contributed by atoms with van der Waals surface area (Å²) in [7, 11) is 0. The van der Waals surface area contributed by atoms with Gasteiger partial charge in [-0.25, -0.2) is 4.98 Å². The summed E-state index contributed by atoms with van der Waals surface area (Å²) in [4.78, 5) is 19.1. The van der Waals surface area contributed by atoms with E-state index < -0.39 is 0 Å². The van der Waals surface area contributed by atoms with Crippen LogP contribution in [0.15, 0.2) is 72.8 Å². The predicted molar refractivity (Wildman–Crippen MR) is 116 cm³/mol. The molecule has 0 spiro atoms. The number of benzene rings is 3. The molecular formula is C24H20N2O2S. The average Bonchev–Trinajstić information content (AvgIpc) is 3.22. The molecule has 1 aliphatic heterocycles. The summed E-state index contributed by atoms with van der Waals surface area (Å²) in [6, 6.07) is 24.2. The van der Waals surface area contributed by atoms with Gasteiger partial charge in [-0.15, -0.1) is 11.3 Å². The Hall–Kier alpha value is -3.18. The minimum Gasteiger partial charge on any atom is -0.484 e. The quantitative estimate of drug-likeness (QED) is 0.488. The van der Waals surface area contributed by atoms with Crippen molar-refractivity contribution in [2.24, 2.45) is 0 Å². The molecule has 1 aliphatic rings. The zero-order valence-electron chi connectivity index (χ0n) is 15.9. The van der Waals surface area contributed by atoms with Gasteiger partial charge in [0.1, 0.15) is 10.8 Å². The van der Waals surface area contributed by atoms with E-state index >= 15 is 0 Å². The van der Waals surface area contributed by atoms with Gasteiger partial charge in [0.05, 0.1) is 10.2 Å². The Morgan fingerprint density at radius 1 is 0.966 bits per heavy atom. The summed E-state index contributed by atoms with van der Waals surface area (Å²) >= 11 is 1.67. The predicted octanol–water partition coefficient (Wildman–Crippen LogP) is 4.93. The van der Waals surface area contributed by atoms with Crippen molar-refractivity contribution >= 4 is 27.5 Å². The number of aromatic nitrogens is 1. The molecule has 1 aromatic heterocycles. The lowest BCUT2D eigenvalue weighted by molar-refractivity contribution is -0.134. The fraction of sp³-hybridized carbons (Fsp3) is 0.167. The first kappa shape index (κ1) is 17.9. The van der Waals surface area contributed by atoms with Crippen LogP contribution in [0.2, 0.25) is 0 Å². The van der Waals surface area contributed by atoms with E-state index in [2.05, 4.69) is 29.2 Å². The van der Waals surface area contributed by atoms with Gasteiger partial charge >= 0.3 is 0 Å². The van der Waals surface area contributed by atoms with E-state index in [1.165, 1.54) is 15.8 Å². The maximum Gasteiger partial charge on any atom is 0.260 e. The van der Waals surface area contributed by atoms with Crippen molar-refractivity contribution in [2.45, 2.75) is 13.0 Å². The zero-order valence-corrected chi connectivity index (χ0v) is 16.7. The van der Waals surface area contributed by atoms with Crippen molar-refractivity contribution in [3.05, 3.63) is 83.9 Å². The number of fused-ring (bicyclic) bond motifs is 2. The molecule has 0 bridgehead atoms. The third-order valence-electron chi connectivity index (χ3n) is 5.24. The van der Waals surface area contributed by atoms with E-state index in [0.717, 1.165) is 29.1 Å². The highest BCUT2D eigenvalue weighted by Gasteiger charge is 2.20. The number of ether oxygens (including phenoxy) is 1. The van der Waals surface area contributed by atoms with E-state index in [1.807, 2.05) is 53.4 Å². The number of nitrogens with zero attached hydrogens (tertiary/aromatic N) is 2. The Balaban J connectivity index is 1.22. The second kappa shape index (κ2) is 7.68. The highest BCUT2D eigenvalue weighted by Crippen LogP contribution is 2.30. The molecule has 4 nitrogen and oxygen atoms in total. The van der Waals surface area contributed by atoms with E-state index in [0.29, 0.717) is 12.3 Å². The summed E-state index contributed by atoms with van der Waals surface area (Å²) in [5, 5.41) is 0.987. The smallest absolute Gasteiger partial charge is 0.260 e. The van der Waals surface area contributed by atoms with Gasteiger partial charge in [0.15, 0.2) is 6.61 Å². The number of para-hydroxylation sites is 1. The minimum atomic E-state index is 0.0229. The molecule has 2 heterocycles. The number of amides is 1. The number of thiazole rings is 1. The zero-order chi connectivity index (χ0) is 19.6. The van der Waals surface area contributed by atoms with Crippen molar-refractivity contribution in [2.75, 3.05) is 13.2 Å². The highest BCUT2D eigenvalue weighted by molar-refractivity contribution is 7.21. The Morgan fingerprint density at radius 3 is 2.55 bits per heavy atom. The van der Waals surface area contributed by atoms with E-state index in [9.17, 15) is 4.79 Å². The van der Waals surface area contributed by atoms with Crippen LogP contribution in [-0.4, -0.2) is 28.9 Å². The average molecular weight is 401 g/mol. The molecule has 0 fully saturated rings. The van der Waals surface area contributed by atoms with Gasteiger partial charge in [-0.3, -0.25) is 4.79 Å². The van der Waals surface area contributed by atoms with Crippen LogP contribution < -0.4 is 4.74 Å². The molecule has 0 saturated carbocycles. The topological polar surface area (TPSA) is 42.4 Å². The Morgan fingerprint density at radius 2 is 1.72 bits per heavy atom. The molecular weight excluding hydrogens is 380 g/mol. The van der Waals surface area contributed by atoms with E-state index in [4.69, 9.17) is 4.74 Å².